The number of piperidine rings is 1. The first-order chi connectivity index (χ1) is 12.0. The predicted molar refractivity (Wildman–Crippen MR) is 95.3 cm³/mol. The largest absolute Gasteiger partial charge is 0.365 e. The lowest BCUT2D eigenvalue weighted by atomic mass is 9.87. The quantitative estimate of drug-likeness (QED) is 0.795. The highest BCUT2D eigenvalue weighted by molar-refractivity contribution is 6.33. The molecule has 7 nitrogen and oxygen atoms in total. The molecule has 0 saturated carbocycles. The van der Waals surface area contributed by atoms with Crippen LogP contribution < -0.4 is 15.4 Å². The van der Waals surface area contributed by atoms with E-state index in [0.717, 1.165) is 6.42 Å². The maximum Gasteiger partial charge on any atom is 0.287 e. The molecule has 3 aliphatic heterocycles. The lowest BCUT2D eigenvalue weighted by Gasteiger charge is -2.57. The zero-order valence-electron chi connectivity index (χ0n) is 13.4. The van der Waals surface area contributed by atoms with Crippen molar-refractivity contribution in [1.82, 2.24) is 14.8 Å². The molecule has 2 bridgehead atoms. The molecular formula is C16H14Cl2N6O. The van der Waals surface area contributed by atoms with Gasteiger partial charge in [-0.1, -0.05) is 23.2 Å². The van der Waals surface area contributed by atoms with E-state index in [-0.39, 0.29) is 22.7 Å². The number of aromatic nitrogens is 3. The highest BCUT2D eigenvalue weighted by Crippen LogP contribution is 2.41. The van der Waals surface area contributed by atoms with Gasteiger partial charge in [0, 0.05) is 26.3 Å². The van der Waals surface area contributed by atoms with Gasteiger partial charge < -0.3 is 9.80 Å². The Labute approximate surface area is 154 Å². The van der Waals surface area contributed by atoms with Gasteiger partial charge in [0.25, 0.3) is 5.56 Å². The lowest BCUT2D eigenvalue weighted by Crippen LogP contribution is -2.69. The normalized spacial score (nSPS) is 21.7. The summed E-state index contributed by atoms with van der Waals surface area (Å²) in [5.41, 5.74) is 0.809. The molecule has 9 heteroatoms. The van der Waals surface area contributed by atoms with E-state index in [2.05, 4.69) is 19.9 Å². The van der Waals surface area contributed by atoms with Crippen molar-refractivity contribution in [1.29, 1.82) is 5.26 Å². The molecule has 5 heterocycles. The fourth-order valence-corrected chi connectivity index (χ4v) is 4.11. The van der Waals surface area contributed by atoms with E-state index in [0.29, 0.717) is 35.2 Å². The lowest BCUT2D eigenvalue weighted by molar-refractivity contribution is 0.289. The summed E-state index contributed by atoms with van der Waals surface area (Å²) in [7, 11) is 1.58. The van der Waals surface area contributed by atoms with Gasteiger partial charge in [0.05, 0.1) is 34.6 Å². The number of nitrogens with zero attached hydrogens (tertiary/aromatic N) is 6. The van der Waals surface area contributed by atoms with E-state index < -0.39 is 0 Å². The first-order valence-corrected chi connectivity index (χ1v) is 8.56. The van der Waals surface area contributed by atoms with Crippen LogP contribution in [0.25, 0.3) is 0 Å². The van der Waals surface area contributed by atoms with E-state index in [1.165, 1.54) is 10.9 Å². The molecule has 2 atom stereocenters. The van der Waals surface area contributed by atoms with E-state index in [1.54, 1.807) is 19.3 Å². The molecule has 2 aromatic heterocycles. The minimum Gasteiger partial charge on any atom is -0.365 e. The fourth-order valence-electron chi connectivity index (χ4n) is 3.56. The van der Waals surface area contributed by atoms with Crippen LogP contribution in [0.3, 0.4) is 0 Å². The smallest absolute Gasteiger partial charge is 0.287 e. The van der Waals surface area contributed by atoms with Crippen molar-refractivity contribution in [2.45, 2.75) is 18.5 Å². The number of hydrogen-bond acceptors (Lipinski definition) is 6. The van der Waals surface area contributed by atoms with E-state index >= 15 is 0 Å². The van der Waals surface area contributed by atoms with Crippen LogP contribution in [-0.2, 0) is 7.05 Å². The molecule has 2 unspecified atom stereocenters. The predicted octanol–water partition coefficient (Wildman–Crippen LogP) is 1.82. The van der Waals surface area contributed by atoms with Gasteiger partial charge in [-0.3, -0.25) is 4.79 Å². The molecule has 0 amide bonds. The summed E-state index contributed by atoms with van der Waals surface area (Å²) in [5.74, 6) is 0.703. The maximum absolute atomic E-state index is 12.0. The Bertz CT molecular complexity index is 941. The summed E-state index contributed by atoms with van der Waals surface area (Å²) in [5, 5.41) is 13.7. The van der Waals surface area contributed by atoms with E-state index in [1.807, 2.05) is 6.07 Å². The van der Waals surface area contributed by atoms with E-state index in [9.17, 15) is 4.79 Å². The number of fused-ring (bicyclic) bond motifs is 2. The minimum atomic E-state index is -0.299. The standard InChI is InChI=1S/C16H14Cl2N6O/c1-22-16(25)14(18)13(6-21-22)23-7-10-3-11(8-23)24(10)15-12(17)2-9(4-19)5-20-15/h2,5-6,10-11H,3,7-8H2,1H3. The molecule has 0 spiro atoms. The summed E-state index contributed by atoms with van der Waals surface area (Å²) in [6.07, 6.45) is 4.20. The third-order valence-corrected chi connectivity index (χ3v) is 5.42. The number of halogens is 2. The van der Waals surface area contributed by atoms with Gasteiger partial charge in [0.1, 0.15) is 16.9 Å². The first-order valence-electron chi connectivity index (χ1n) is 7.80. The Morgan fingerprint density at radius 2 is 2.00 bits per heavy atom. The third-order valence-electron chi connectivity index (χ3n) is 4.79. The van der Waals surface area contributed by atoms with Crippen LogP contribution in [0, 0.1) is 11.3 Å². The second-order valence-corrected chi connectivity index (χ2v) is 7.05. The van der Waals surface area contributed by atoms with Crippen LogP contribution in [0.1, 0.15) is 12.0 Å². The van der Waals surface area contributed by atoms with Crippen LogP contribution >= 0.6 is 23.2 Å². The molecule has 0 radical (unpaired) electrons. The molecule has 25 heavy (non-hydrogen) atoms. The van der Waals surface area contributed by atoms with Gasteiger partial charge in [-0.05, 0) is 12.5 Å². The van der Waals surface area contributed by atoms with Gasteiger partial charge in [-0.25, -0.2) is 9.67 Å². The van der Waals surface area contributed by atoms with Crippen molar-refractivity contribution in [2.24, 2.45) is 7.05 Å². The maximum atomic E-state index is 12.0. The number of anilines is 2. The second-order valence-electron chi connectivity index (χ2n) is 6.27. The van der Waals surface area contributed by atoms with E-state index in [4.69, 9.17) is 28.5 Å². The zero-order chi connectivity index (χ0) is 17.7. The Kier molecular flexibility index (Phi) is 3.82. The number of piperazine rings is 1. The van der Waals surface area contributed by atoms with Crippen LogP contribution in [0.2, 0.25) is 10.0 Å². The minimum absolute atomic E-state index is 0.194. The molecule has 3 aliphatic rings. The zero-order valence-corrected chi connectivity index (χ0v) is 14.9. The molecule has 0 aliphatic carbocycles. The number of nitriles is 1. The molecule has 128 valence electrons. The molecule has 0 aromatic carbocycles. The van der Waals surface area contributed by atoms with Crippen molar-refractivity contribution < 1.29 is 0 Å². The van der Waals surface area contributed by atoms with Crippen LogP contribution in [-0.4, -0.2) is 39.9 Å². The van der Waals surface area contributed by atoms with Crippen molar-refractivity contribution in [3.05, 3.63) is 44.4 Å². The number of rotatable bonds is 2. The average molecular weight is 377 g/mol. The van der Waals surface area contributed by atoms with Crippen molar-refractivity contribution in [3.63, 3.8) is 0 Å². The number of pyridine rings is 1. The van der Waals surface area contributed by atoms with Gasteiger partial charge >= 0.3 is 0 Å². The van der Waals surface area contributed by atoms with Crippen LogP contribution in [0.4, 0.5) is 11.5 Å². The topological polar surface area (TPSA) is 78.1 Å². The number of aryl methyl sites for hydroxylation is 1. The summed E-state index contributed by atoms with van der Waals surface area (Å²) >= 11 is 12.5. The summed E-state index contributed by atoms with van der Waals surface area (Å²) < 4.78 is 1.23. The van der Waals surface area contributed by atoms with Crippen LogP contribution in [0.5, 0.6) is 0 Å². The Balaban J connectivity index is 1.58. The van der Waals surface area contributed by atoms with Gasteiger partial charge in [-0.15, -0.1) is 0 Å². The highest BCUT2D eigenvalue weighted by atomic mass is 35.5. The molecule has 2 aromatic rings. The van der Waals surface area contributed by atoms with Crippen molar-refractivity contribution in [2.75, 3.05) is 22.9 Å². The SMILES string of the molecule is Cn1ncc(N2CC3CC(C2)N3c2ncc(C#N)cc2Cl)c(Cl)c1=O. The summed E-state index contributed by atoms with van der Waals surface area (Å²) in [6.45, 7) is 1.42. The first kappa shape index (κ1) is 16.2. The van der Waals surface area contributed by atoms with Gasteiger partial charge in [0.2, 0.25) is 0 Å². The monoisotopic (exact) mass is 376 g/mol. The molecular weight excluding hydrogens is 363 g/mol. The Morgan fingerprint density at radius 1 is 1.28 bits per heavy atom. The Morgan fingerprint density at radius 3 is 2.64 bits per heavy atom. The molecule has 3 fully saturated rings. The molecule has 5 rings (SSSR count). The van der Waals surface area contributed by atoms with Crippen molar-refractivity contribution >= 4 is 34.7 Å². The van der Waals surface area contributed by atoms with Gasteiger partial charge in [0.15, 0.2) is 0 Å². The highest BCUT2D eigenvalue weighted by Gasteiger charge is 2.46. The molecule has 0 N–H and O–H groups in total. The number of hydrogen-bond donors (Lipinski definition) is 0. The summed E-state index contributed by atoms with van der Waals surface area (Å²) in [6, 6.07) is 4.14. The van der Waals surface area contributed by atoms with Gasteiger partial charge in [-0.2, -0.15) is 10.4 Å². The third kappa shape index (κ3) is 2.53. The second kappa shape index (κ2) is 5.90. The van der Waals surface area contributed by atoms with Crippen molar-refractivity contribution in [3.8, 4) is 6.07 Å². The average Bonchev–Trinajstić information content (AvgIpc) is 2.61. The summed E-state index contributed by atoms with van der Waals surface area (Å²) in [4.78, 5) is 20.6. The van der Waals surface area contributed by atoms with Crippen LogP contribution in [0.15, 0.2) is 23.3 Å². The fraction of sp³-hybridized carbons (Fsp3) is 0.375. The Hall–Kier alpha value is -2.30. The molecule has 3 saturated heterocycles.